The number of carbonyl (C=O) groups is 1. The summed E-state index contributed by atoms with van der Waals surface area (Å²) >= 11 is 0. The standard InChI is InChI=1S/C18H26N2O2.ClH/c19-18(10-4-5-11-18)17(21)20-13-15-9-6-12-22-16(15)14-7-2-1-3-8-14;/h1-3,7-8,15-16H,4-6,9-13,19H2,(H,20,21);1H. The minimum Gasteiger partial charge on any atom is -0.373 e. The monoisotopic (exact) mass is 338 g/mol. The van der Waals surface area contributed by atoms with Gasteiger partial charge in [-0.25, -0.2) is 0 Å². The van der Waals surface area contributed by atoms with Gasteiger partial charge >= 0.3 is 0 Å². The molecule has 4 nitrogen and oxygen atoms in total. The predicted octanol–water partition coefficient (Wildman–Crippen LogP) is 2.96. The molecule has 1 aliphatic carbocycles. The largest absolute Gasteiger partial charge is 0.373 e. The van der Waals surface area contributed by atoms with Crippen molar-refractivity contribution in [1.29, 1.82) is 0 Å². The van der Waals surface area contributed by atoms with Crippen LogP contribution < -0.4 is 11.1 Å². The van der Waals surface area contributed by atoms with Gasteiger partial charge in [-0.1, -0.05) is 43.2 Å². The second kappa shape index (κ2) is 8.13. The Morgan fingerprint density at radius 1 is 1.22 bits per heavy atom. The molecule has 1 aliphatic heterocycles. The van der Waals surface area contributed by atoms with Crippen molar-refractivity contribution in [3.8, 4) is 0 Å². The first kappa shape index (κ1) is 18.2. The average molecular weight is 339 g/mol. The van der Waals surface area contributed by atoms with E-state index in [2.05, 4.69) is 17.4 Å². The van der Waals surface area contributed by atoms with Crippen molar-refractivity contribution in [3.05, 3.63) is 35.9 Å². The van der Waals surface area contributed by atoms with E-state index in [1.165, 1.54) is 5.56 Å². The zero-order chi connectivity index (χ0) is 15.4. The molecule has 3 N–H and O–H groups in total. The van der Waals surface area contributed by atoms with E-state index in [0.717, 1.165) is 45.1 Å². The normalized spacial score (nSPS) is 26.3. The maximum atomic E-state index is 12.4. The van der Waals surface area contributed by atoms with Crippen molar-refractivity contribution in [3.63, 3.8) is 0 Å². The Hall–Kier alpha value is -1.10. The first-order valence-electron chi connectivity index (χ1n) is 8.43. The van der Waals surface area contributed by atoms with Gasteiger partial charge in [0.1, 0.15) is 0 Å². The summed E-state index contributed by atoms with van der Waals surface area (Å²) in [5.74, 6) is 0.340. The lowest BCUT2D eigenvalue weighted by molar-refractivity contribution is -0.127. The third-order valence-electron chi connectivity index (χ3n) is 5.05. The molecule has 3 rings (SSSR count). The van der Waals surface area contributed by atoms with Crippen LogP contribution in [-0.4, -0.2) is 24.6 Å². The molecule has 1 aromatic carbocycles. The molecule has 2 aliphatic rings. The number of benzene rings is 1. The van der Waals surface area contributed by atoms with Crippen LogP contribution in [-0.2, 0) is 9.53 Å². The van der Waals surface area contributed by atoms with E-state index in [1.54, 1.807) is 0 Å². The summed E-state index contributed by atoms with van der Waals surface area (Å²) in [5, 5.41) is 3.09. The molecule has 23 heavy (non-hydrogen) atoms. The molecular weight excluding hydrogens is 312 g/mol. The summed E-state index contributed by atoms with van der Waals surface area (Å²) in [7, 11) is 0. The molecule has 2 atom stereocenters. The molecule has 0 aromatic heterocycles. The highest BCUT2D eigenvalue weighted by atomic mass is 35.5. The second-order valence-corrected chi connectivity index (χ2v) is 6.68. The molecule has 1 saturated carbocycles. The van der Waals surface area contributed by atoms with Gasteiger partial charge in [0.2, 0.25) is 5.91 Å². The predicted molar refractivity (Wildman–Crippen MR) is 93.5 cm³/mol. The lowest BCUT2D eigenvalue weighted by Crippen LogP contribution is -2.53. The maximum absolute atomic E-state index is 12.4. The van der Waals surface area contributed by atoms with Crippen LogP contribution in [0.5, 0.6) is 0 Å². The van der Waals surface area contributed by atoms with Gasteiger partial charge in [-0.15, -0.1) is 12.4 Å². The number of amides is 1. The average Bonchev–Trinajstić information content (AvgIpc) is 3.02. The van der Waals surface area contributed by atoms with Crippen LogP contribution in [0.1, 0.15) is 50.2 Å². The third kappa shape index (κ3) is 4.25. The van der Waals surface area contributed by atoms with E-state index in [-0.39, 0.29) is 24.4 Å². The molecule has 0 spiro atoms. The van der Waals surface area contributed by atoms with Crippen molar-refractivity contribution in [2.24, 2.45) is 11.7 Å². The Morgan fingerprint density at radius 3 is 2.61 bits per heavy atom. The molecule has 2 unspecified atom stereocenters. The zero-order valence-corrected chi connectivity index (χ0v) is 14.3. The smallest absolute Gasteiger partial charge is 0.240 e. The van der Waals surface area contributed by atoms with Crippen molar-refractivity contribution in [2.45, 2.75) is 50.2 Å². The summed E-state index contributed by atoms with van der Waals surface area (Å²) in [6.07, 6.45) is 5.94. The molecule has 5 heteroatoms. The quantitative estimate of drug-likeness (QED) is 0.887. The fraction of sp³-hybridized carbons (Fsp3) is 0.611. The van der Waals surface area contributed by atoms with E-state index in [0.29, 0.717) is 12.5 Å². The van der Waals surface area contributed by atoms with Crippen molar-refractivity contribution >= 4 is 18.3 Å². The second-order valence-electron chi connectivity index (χ2n) is 6.68. The molecule has 0 bridgehead atoms. The van der Waals surface area contributed by atoms with Gasteiger partial charge < -0.3 is 15.8 Å². The molecule has 1 heterocycles. The summed E-state index contributed by atoms with van der Waals surface area (Å²) < 4.78 is 5.98. The highest BCUT2D eigenvalue weighted by Crippen LogP contribution is 2.33. The van der Waals surface area contributed by atoms with E-state index in [1.807, 2.05) is 18.2 Å². The molecule has 1 amide bonds. The van der Waals surface area contributed by atoms with Gasteiger partial charge in [-0.3, -0.25) is 4.79 Å². The van der Waals surface area contributed by atoms with Crippen LogP contribution >= 0.6 is 12.4 Å². The number of hydrogen-bond acceptors (Lipinski definition) is 3. The molecule has 1 saturated heterocycles. The number of halogens is 1. The Bertz CT molecular complexity index is 503. The van der Waals surface area contributed by atoms with Crippen LogP contribution in [0.2, 0.25) is 0 Å². The van der Waals surface area contributed by atoms with Crippen molar-refractivity contribution in [1.82, 2.24) is 5.32 Å². The van der Waals surface area contributed by atoms with Crippen molar-refractivity contribution < 1.29 is 9.53 Å². The van der Waals surface area contributed by atoms with Gasteiger partial charge in [-0.05, 0) is 31.2 Å². The lowest BCUT2D eigenvalue weighted by atomic mass is 9.89. The SMILES string of the molecule is Cl.NC1(C(=O)NCC2CCCOC2c2ccccc2)CCCC1. The number of hydrogen-bond donors (Lipinski definition) is 2. The molecule has 2 fully saturated rings. The summed E-state index contributed by atoms with van der Waals surface area (Å²) in [6.45, 7) is 1.45. The lowest BCUT2D eigenvalue weighted by Gasteiger charge is -2.33. The van der Waals surface area contributed by atoms with Crippen LogP contribution in [0.4, 0.5) is 0 Å². The molecule has 128 valence electrons. The first-order valence-corrected chi connectivity index (χ1v) is 8.43. The van der Waals surface area contributed by atoms with Gasteiger partial charge in [-0.2, -0.15) is 0 Å². The highest BCUT2D eigenvalue weighted by molar-refractivity contribution is 5.86. The van der Waals surface area contributed by atoms with Gasteiger partial charge in [0.25, 0.3) is 0 Å². The molecule has 0 radical (unpaired) electrons. The van der Waals surface area contributed by atoms with Crippen LogP contribution in [0.25, 0.3) is 0 Å². The van der Waals surface area contributed by atoms with Gasteiger partial charge in [0.05, 0.1) is 11.6 Å². The minimum atomic E-state index is -0.641. The summed E-state index contributed by atoms with van der Waals surface area (Å²) in [5.41, 5.74) is 6.78. The number of ether oxygens (including phenoxy) is 1. The summed E-state index contributed by atoms with van der Waals surface area (Å²) in [6, 6.07) is 10.3. The van der Waals surface area contributed by atoms with Crippen LogP contribution in [0, 0.1) is 5.92 Å². The van der Waals surface area contributed by atoms with Gasteiger partial charge in [0.15, 0.2) is 0 Å². The minimum absolute atomic E-state index is 0. The summed E-state index contributed by atoms with van der Waals surface area (Å²) in [4.78, 5) is 12.4. The van der Waals surface area contributed by atoms with Gasteiger partial charge in [0, 0.05) is 19.1 Å². The zero-order valence-electron chi connectivity index (χ0n) is 13.5. The van der Waals surface area contributed by atoms with E-state index < -0.39 is 5.54 Å². The van der Waals surface area contributed by atoms with E-state index >= 15 is 0 Å². The van der Waals surface area contributed by atoms with Crippen LogP contribution in [0.3, 0.4) is 0 Å². The Labute approximate surface area is 144 Å². The number of nitrogens with one attached hydrogen (secondary N) is 1. The number of nitrogens with two attached hydrogens (primary N) is 1. The fourth-order valence-electron chi connectivity index (χ4n) is 3.70. The van der Waals surface area contributed by atoms with Crippen LogP contribution in [0.15, 0.2) is 30.3 Å². The number of carbonyl (C=O) groups excluding carboxylic acids is 1. The molecule has 1 aromatic rings. The Morgan fingerprint density at radius 2 is 1.91 bits per heavy atom. The maximum Gasteiger partial charge on any atom is 0.240 e. The molecular formula is C18H27ClN2O2. The Kier molecular flexibility index (Phi) is 6.45. The van der Waals surface area contributed by atoms with E-state index in [4.69, 9.17) is 10.5 Å². The number of rotatable bonds is 4. The Balaban J connectivity index is 0.00000192. The fourth-order valence-corrected chi connectivity index (χ4v) is 3.70. The third-order valence-corrected chi connectivity index (χ3v) is 5.05. The van der Waals surface area contributed by atoms with Crippen molar-refractivity contribution in [2.75, 3.05) is 13.2 Å². The topological polar surface area (TPSA) is 64.4 Å². The first-order chi connectivity index (χ1) is 10.7. The highest BCUT2D eigenvalue weighted by Gasteiger charge is 2.37. The van der Waals surface area contributed by atoms with E-state index in [9.17, 15) is 4.79 Å².